The molecule has 2 fully saturated rings. The number of rotatable bonds is 5. The van der Waals surface area contributed by atoms with Crippen LogP contribution in [0.2, 0.25) is 0 Å². The summed E-state index contributed by atoms with van der Waals surface area (Å²) in [6.45, 7) is 1.80. The predicted molar refractivity (Wildman–Crippen MR) is 69.4 cm³/mol. The summed E-state index contributed by atoms with van der Waals surface area (Å²) in [6, 6.07) is 0.439. The lowest BCUT2D eigenvalue weighted by Crippen LogP contribution is -2.43. The van der Waals surface area contributed by atoms with Crippen LogP contribution in [-0.4, -0.2) is 30.3 Å². The van der Waals surface area contributed by atoms with Gasteiger partial charge in [-0.2, -0.15) is 11.8 Å². The largest absolute Gasteiger partial charge is 0.381 e. The van der Waals surface area contributed by atoms with E-state index in [2.05, 4.69) is 17.2 Å². The molecule has 0 aromatic heterocycles. The number of hydrogen-bond donors (Lipinski definition) is 2. The molecule has 2 atom stereocenters. The standard InChI is InChI=1S/C12H24N2OS/c13-14-12(10-6-7-15-8-10)9-16-11-4-2-1-3-5-11/h10-12,14H,1-9,13H2. The van der Waals surface area contributed by atoms with Gasteiger partial charge in [0.1, 0.15) is 0 Å². The molecule has 2 unspecified atom stereocenters. The van der Waals surface area contributed by atoms with E-state index in [9.17, 15) is 0 Å². The first-order chi connectivity index (χ1) is 7.90. The molecule has 1 saturated heterocycles. The first-order valence-electron chi connectivity index (χ1n) is 6.55. The molecule has 2 rings (SSSR count). The van der Waals surface area contributed by atoms with E-state index < -0.39 is 0 Å². The van der Waals surface area contributed by atoms with Gasteiger partial charge in [-0.15, -0.1) is 0 Å². The average molecular weight is 244 g/mol. The second kappa shape index (κ2) is 6.84. The number of nitrogens with two attached hydrogens (primary N) is 1. The molecule has 1 heterocycles. The van der Waals surface area contributed by atoms with Gasteiger partial charge in [-0.3, -0.25) is 11.3 Å². The minimum Gasteiger partial charge on any atom is -0.381 e. The van der Waals surface area contributed by atoms with Crippen molar-refractivity contribution in [2.45, 2.75) is 49.8 Å². The highest BCUT2D eigenvalue weighted by Crippen LogP contribution is 2.30. The van der Waals surface area contributed by atoms with Crippen molar-refractivity contribution in [3.63, 3.8) is 0 Å². The van der Waals surface area contributed by atoms with Crippen LogP contribution in [0.5, 0.6) is 0 Å². The molecule has 4 heteroatoms. The van der Waals surface area contributed by atoms with Crippen LogP contribution in [0.15, 0.2) is 0 Å². The van der Waals surface area contributed by atoms with E-state index in [1.807, 2.05) is 0 Å². The third-order valence-electron chi connectivity index (χ3n) is 3.81. The average Bonchev–Trinajstić information content (AvgIpc) is 2.85. The maximum Gasteiger partial charge on any atom is 0.0510 e. The Balaban J connectivity index is 1.69. The summed E-state index contributed by atoms with van der Waals surface area (Å²) >= 11 is 2.12. The van der Waals surface area contributed by atoms with E-state index in [4.69, 9.17) is 10.6 Å². The fourth-order valence-electron chi connectivity index (χ4n) is 2.66. The van der Waals surface area contributed by atoms with Crippen LogP contribution in [0.4, 0.5) is 0 Å². The highest BCUT2D eigenvalue weighted by Gasteiger charge is 2.26. The first kappa shape index (κ1) is 12.7. The van der Waals surface area contributed by atoms with Gasteiger partial charge < -0.3 is 4.74 Å². The molecule has 3 N–H and O–H groups in total. The molecule has 94 valence electrons. The monoisotopic (exact) mass is 244 g/mol. The molecule has 0 aromatic carbocycles. The molecule has 1 aliphatic carbocycles. The smallest absolute Gasteiger partial charge is 0.0510 e. The zero-order valence-corrected chi connectivity index (χ0v) is 10.8. The summed E-state index contributed by atoms with van der Waals surface area (Å²) in [4.78, 5) is 0. The normalized spacial score (nSPS) is 29.4. The lowest BCUT2D eigenvalue weighted by Gasteiger charge is -2.26. The van der Waals surface area contributed by atoms with Crippen molar-refractivity contribution in [3.05, 3.63) is 0 Å². The maximum absolute atomic E-state index is 5.65. The Kier molecular flexibility index (Phi) is 5.42. The number of hydrogen-bond acceptors (Lipinski definition) is 4. The summed E-state index contributed by atoms with van der Waals surface area (Å²) in [5.74, 6) is 7.42. The first-order valence-corrected chi connectivity index (χ1v) is 7.60. The minimum absolute atomic E-state index is 0.439. The van der Waals surface area contributed by atoms with Gasteiger partial charge >= 0.3 is 0 Å². The van der Waals surface area contributed by atoms with E-state index in [-0.39, 0.29) is 0 Å². The second-order valence-corrected chi connectivity index (χ2v) is 6.32. The molecule has 1 saturated carbocycles. The Morgan fingerprint density at radius 3 is 2.69 bits per heavy atom. The predicted octanol–water partition coefficient (Wildman–Crippen LogP) is 1.92. The van der Waals surface area contributed by atoms with Crippen molar-refractivity contribution in [2.75, 3.05) is 19.0 Å². The van der Waals surface area contributed by atoms with E-state index >= 15 is 0 Å². The van der Waals surface area contributed by atoms with Crippen molar-refractivity contribution in [2.24, 2.45) is 11.8 Å². The van der Waals surface area contributed by atoms with Crippen molar-refractivity contribution in [1.29, 1.82) is 0 Å². The SMILES string of the molecule is NNC(CSC1CCCCC1)C1CCOC1. The van der Waals surface area contributed by atoms with Crippen molar-refractivity contribution < 1.29 is 4.74 Å². The molecule has 16 heavy (non-hydrogen) atoms. The second-order valence-electron chi connectivity index (χ2n) is 4.99. The summed E-state index contributed by atoms with van der Waals surface area (Å²) in [6.07, 6.45) is 8.26. The van der Waals surface area contributed by atoms with Gasteiger partial charge in [0.15, 0.2) is 0 Å². The van der Waals surface area contributed by atoms with Crippen molar-refractivity contribution in [3.8, 4) is 0 Å². The van der Waals surface area contributed by atoms with E-state index in [0.717, 1.165) is 24.2 Å². The Morgan fingerprint density at radius 1 is 1.25 bits per heavy atom. The third-order valence-corrected chi connectivity index (χ3v) is 5.31. The van der Waals surface area contributed by atoms with Gasteiger partial charge in [-0.25, -0.2) is 0 Å². The van der Waals surface area contributed by atoms with E-state index in [1.54, 1.807) is 0 Å². The Morgan fingerprint density at radius 2 is 2.06 bits per heavy atom. The van der Waals surface area contributed by atoms with Crippen LogP contribution in [0.3, 0.4) is 0 Å². The summed E-state index contributed by atoms with van der Waals surface area (Å²) in [5, 5.41) is 0.881. The van der Waals surface area contributed by atoms with Crippen LogP contribution in [-0.2, 0) is 4.74 Å². The number of thioether (sulfide) groups is 1. The molecular weight excluding hydrogens is 220 g/mol. The lowest BCUT2D eigenvalue weighted by atomic mass is 10.0. The highest BCUT2D eigenvalue weighted by molar-refractivity contribution is 7.99. The fraction of sp³-hybridized carbons (Fsp3) is 1.00. The lowest BCUT2D eigenvalue weighted by molar-refractivity contribution is 0.179. The van der Waals surface area contributed by atoms with E-state index in [1.165, 1.54) is 38.5 Å². The van der Waals surface area contributed by atoms with Crippen molar-refractivity contribution >= 4 is 11.8 Å². The van der Waals surface area contributed by atoms with Crippen LogP contribution in [0.25, 0.3) is 0 Å². The quantitative estimate of drug-likeness (QED) is 0.573. The highest BCUT2D eigenvalue weighted by atomic mass is 32.2. The number of nitrogens with one attached hydrogen (secondary N) is 1. The molecule has 0 aromatic rings. The molecule has 0 radical (unpaired) electrons. The molecule has 0 bridgehead atoms. The summed E-state index contributed by atoms with van der Waals surface area (Å²) in [5.41, 5.74) is 2.98. The Labute approximate surface area is 103 Å². The van der Waals surface area contributed by atoms with Crippen LogP contribution in [0, 0.1) is 5.92 Å². The topological polar surface area (TPSA) is 47.3 Å². The Bertz CT molecular complexity index is 191. The molecule has 3 nitrogen and oxygen atoms in total. The Hall–Kier alpha value is 0.230. The molecular formula is C12H24N2OS. The zero-order valence-electron chi connectivity index (χ0n) is 9.99. The maximum atomic E-state index is 5.65. The fourth-order valence-corrected chi connectivity index (χ4v) is 4.18. The summed E-state index contributed by atoms with van der Waals surface area (Å²) < 4.78 is 5.43. The van der Waals surface area contributed by atoms with Gasteiger partial charge in [-0.1, -0.05) is 19.3 Å². The van der Waals surface area contributed by atoms with Gasteiger partial charge in [0.25, 0.3) is 0 Å². The molecule has 2 aliphatic rings. The van der Waals surface area contributed by atoms with Gasteiger partial charge in [0.05, 0.1) is 6.61 Å². The minimum atomic E-state index is 0.439. The molecule has 0 spiro atoms. The van der Waals surface area contributed by atoms with Gasteiger partial charge in [0.2, 0.25) is 0 Å². The summed E-state index contributed by atoms with van der Waals surface area (Å²) in [7, 11) is 0. The number of ether oxygens (including phenoxy) is 1. The van der Waals surface area contributed by atoms with Crippen molar-refractivity contribution in [1.82, 2.24) is 5.43 Å². The van der Waals surface area contributed by atoms with Gasteiger partial charge in [-0.05, 0) is 19.3 Å². The van der Waals surface area contributed by atoms with Crippen LogP contribution < -0.4 is 11.3 Å². The van der Waals surface area contributed by atoms with Crippen LogP contribution in [0.1, 0.15) is 38.5 Å². The third kappa shape index (κ3) is 3.62. The van der Waals surface area contributed by atoms with Crippen LogP contribution >= 0.6 is 11.8 Å². The molecule has 1 aliphatic heterocycles. The zero-order chi connectivity index (χ0) is 11.2. The van der Waals surface area contributed by atoms with E-state index in [0.29, 0.717) is 12.0 Å². The molecule has 0 amide bonds. The van der Waals surface area contributed by atoms with Gasteiger partial charge in [0, 0.05) is 29.6 Å². The number of hydrazine groups is 1.